The summed E-state index contributed by atoms with van der Waals surface area (Å²) in [5.74, 6) is -0.902. The van der Waals surface area contributed by atoms with E-state index >= 15 is 0 Å². The summed E-state index contributed by atoms with van der Waals surface area (Å²) in [6.07, 6.45) is 14.0. The van der Waals surface area contributed by atoms with Crippen LogP contribution in [0.25, 0.3) is 0 Å². The molecule has 0 aromatic rings. The molecular formula is C12H10N2O2. The maximum absolute atomic E-state index is 10.8. The van der Waals surface area contributed by atoms with Gasteiger partial charge < -0.3 is 14.9 Å². The van der Waals surface area contributed by atoms with E-state index in [1.807, 2.05) is 29.6 Å². The lowest BCUT2D eigenvalue weighted by Gasteiger charge is -2.29. The van der Waals surface area contributed by atoms with Crippen LogP contribution in [0.2, 0.25) is 0 Å². The predicted molar refractivity (Wildman–Crippen MR) is 58.5 cm³/mol. The van der Waals surface area contributed by atoms with E-state index in [0.717, 1.165) is 17.8 Å². The largest absolute Gasteiger partial charge is 0.478 e. The number of allylic oxidation sites excluding steroid dienone is 2. The van der Waals surface area contributed by atoms with Gasteiger partial charge in [0.2, 0.25) is 0 Å². The highest BCUT2D eigenvalue weighted by atomic mass is 16.4. The maximum Gasteiger partial charge on any atom is 0.337 e. The van der Waals surface area contributed by atoms with Gasteiger partial charge in [0.05, 0.1) is 11.3 Å². The molecule has 0 saturated carbocycles. The van der Waals surface area contributed by atoms with Gasteiger partial charge in [-0.15, -0.1) is 0 Å². The summed E-state index contributed by atoms with van der Waals surface area (Å²) in [6.45, 7) is 0. The van der Waals surface area contributed by atoms with Crippen LogP contribution in [0, 0.1) is 0 Å². The minimum Gasteiger partial charge on any atom is -0.478 e. The zero-order valence-electron chi connectivity index (χ0n) is 8.50. The van der Waals surface area contributed by atoms with Crippen LogP contribution in [0.5, 0.6) is 0 Å². The van der Waals surface area contributed by atoms with E-state index < -0.39 is 5.97 Å². The molecule has 0 bridgehead atoms. The van der Waals surface area contributed by atoms with Crippen molar-refractivity contribution in [1.82, 2.24) is 9.80 Å². The Kier molecular flexibility index (Phi) is 1.77. The molecule has 3 aliphatic rings. The predicted octanol–water partition coefficient (Wildman–Crippen LogP) is 1.74. The molecule has 0 aliphatic carbocycles. The molecule has 4 nitrogen and oxygen atoms in total. The van der Waals surface area contributed by atoms with Gasteiger partial charge in [0, 0.05) is 36.9 Å². The van der Waals surface area contributed by atoms with E-state index in [-0.39, 0.29) is 0 Å². The Bertz CT molecular complexity index is 509. The number of fused-ring (bicyclic) bond motifs is 2. The van der Waals surface area contributed by atoms with Crippen molar-refractivity contribution in [1.29, 1.82) is 0 Å². The molecular weight excluding hydrogens is 204 g/mol. The Balaban J connectivity index is 1.98. The fourth-order valence-corrected chi connectivity index (χ4v) is 1.91. The van der Waals surface area contributed by atoms with Crippen molar-refractivity contribution in [3.63, 3.8) is 0 Å². The molecule has 80 valence electrons. The molecule has 0 aromatic carbocycles. The van der Waals surface area contributed by atoms with Gasteiger partial charge in [0.15, 0.2) is 0 Å². The summed E-state index contributed by atoms with van der Waals surface area (Å²) < 4.78 is 0. The van der Waals surface area contributed by atoms with Crippen LogP contribution in [0.1, 0.15) is 6.42 Å². The van der Waals surface area contributed by atoms with Gasteiger partial charge in [-0.3, -0.25) is 0 Å². The molecule has 0 amide bonds. The molecule has 4 heteroatoms. The van der Waals surface area contributed by atoms with Crippen molar-refractivity contribution in [3.05, 3.63) is 60.0 Å². The van der Waals surface area contributed by atoms with E-state index in [0.29, 0.717) is 5.57 Å². The van der Waals surface area contributed by atoms with Crippen LogP contribution in [0.3, 0.4) is 0 Å². The SMILES string of the molecule is O=C(O)C1=CN2C=C3CC=CN3C=C2C=C1. The molecule has 1 N–H and O–H groups in total. The second-order valence-corrected chi connectivity index (χ2v) is 3.80. The van der Waals surface area contributed by atoms with Gasteiger partial charge in [-0.2, -0.15) is 0 Å². The fourth-order valence-electron chi connectivity index (χ4n) is 1.91. The summed E-state index contributed by atoms with van der Waals surface area (Å²) in [5, 5.41) is 8.91. The summed E-state index contributed by atoms with van der Waals surface area (Å²) in [7, 11) is 0. The Morgan fingerprint density at radius 2 is 2.06 bits per heavy atom. The first-order valence-corrected chi connectivity index (χ1v) is 5.03. The second-order valence-electron chi connectivity index (χ2n) is 3.80. The molecule has 0 atom stereocenters. The molecule has 0 spiro atoms. The Morgan fingerprint density at radius 1 is 1.19 bits per heavy atom. The molecule has 0 unspecified atom stereocenters. The first-order chi connectivity index (χ1) is 7.74. The number of nitrogens with zero attached hydrogens (tertiary/aromatic N) is 2. The van der Waals surface area contributed by atoms with Crippen LogP contribution >= 0.6 is 0 Å². The van der Waals surface area contributed by atoms with E-state index in [2.05, 4.69) is 11.0 Å². The summed E-state index contributed by atoms with van der Waals surface area (Å²) >= 11 is 0. The molecule has 0 aromatic heterocycles. The maximum atomic E-state index is 10.8. The Morgan fingerprint density at radius 3 is 2.88 bits per heavy atom. The smallest absolute Gasteiger partial charge is 0.337 e. The number of aliphatic carboxylic acids is 1. The van der Waals surface area contributed by atoms with Crippen molar-refractivity contribution >= 4 is 5.97 Å². The Labute approximate surface area is 92.8 Å². The monoisotopic (exact) mass is 214 g/mol. The van der Waals surface area contributed by atoms with Crippen LogP contribution < -0.4 is 0 Å². The van der Waals surface area contributed by atoms with E-state index in [9.17, 15) is 4.79 Å². The molecule has 3 aliphatic heterocycles. The molecule has 0 saturated heterocycles. The third-order valence-electron chi connectivity index (χ3n) is 2.74. The second kappa shape index (κ2) is 3.13. The first kappa shape index (κ1) is 9.03. The number of hydrogen-bond donors (Lipinski definition) is 1. The first-order valence-electron chi connectivity index (χ1n) is 5.03. The molecule has 3 rings (SSSR count). The quantitative estimate of drug-likeness (QED) is 0.722. The van der Waals surface area contributed by atoms with Gasteiger partial charge >= 0.3 is 5.97 Å². The standard InChI is InChI=1S/C12H10N2O2/c15-12(16)9-3-4-11-7-13-5-1-2-10(13)8-14(11)6-9/h1,3-8H,2H2,(H,15,16). The molecule has 16 heavy (non-hydrogen) atoms. The summed E-state index contributed by atoms with van der Waals surface area (Å²) in [5.41, 5.74) is 2.42. The third kappa shape index (κ3) is 1.27. The van der Waals surface area contributed by atoms with Gasteiger partial charge in [0.1, 0.15) is 0 Å². The van der Waals surface area contributed by atoms with Crippen LogP contribution in [0.15, 0.2) is 60.0 Å². The number of hydrogen-bond acceptors (Lipinski definition) is 3. The zero-order valence-corrected chi connectivity index (χ0v) is 8.50. The molecule has 0 fully saturated rings. The molecule has 0 radical (unpaired) electrons. The van der Waals surface area contributed by atoms with Gasteiger partial charge in [0.25, 0.3) is 0 Å². The average Bonchev–Trinajstić information content (AvgIpc) is 2.71. The highest BCUT2D eigenvalue weighted by Crippen LogP contribution is 2.29. The Hall–Kier alpha value is -2.23. The highest BCUT2D eigenvalue weighted by molar-refractivity contribution is 5.90. The zero-order chi connectivity index (χ0) is 11.1. The highest BCUT2D eigenvalue weighted by Gasteiger charge is 2.21. The minimum absolute atomic E-state index is 0.299. The average molecular weight is 214 g/mol. The van der Waals surface area contributed by atoms with Crippen molar-refractivity contribution in [2.75, 3.05) is 0 Å². The van der Waals surface area contributed by atoms with Crippen LogP contribution in [-0.4, -0.2) is 20.9 Å². The number of carbonyl (C=O) groups is 1. The van der Waals surface area contributed by atoms with E-state index in [1.165, 1.54) is 0 Å². The lowest BCUT2D eigenvalue weighted by atomic mass is 10.1. The topological polar surface area (TPSA) is 43.8 Å². The number of carboxylic acid groups (broad SMARTS) is 1. The van der Waals surface area contributed by atoms with Crippen molar-refractivity contribution in [3.8, 4) is 0 Å². The van der Waals surface area contributed by atoms with Gasteiger partial charge in [-0.1, -0.05) is 6.08 Å². The lowest BCUT2D eigenvalue weighted by molar-refractivity contribution is -0.132. The normalized spacial score (nSPS) is 21.1. The number of carboxylic acids is 1. The van der Waals surface area contributed by atoms with Crippen molar-refractivity contribution in [2.45, 2.75) is 6.42 Å². The summed E-state index contributed by atoms with van der Waals surface area (Å²) in [6, 6.07) is 0. The fraction of sp³-hybridized carbons (Fsp3) is 0.0833. The van der Waals surface area contributed by atoms with Crippen LogP contribution in [0.4, 0.5) is 0 Å². The summed E-state index contributed by atoms with van der Waals surface area (Å²) in [4.78, 5) is 14.7. The number of rotatable bonds is 1. The van der Waals surface area contributed by atoms with Gasteiger partial charge in [-0.25, -0.2) is 4.79 Å². The van der Waals surface area contributed by atoms with Crippen molar-refractivity contribution < 1.29 is 9.90 Å². The van der Waals surface area contributed by atoms with E-state index in [4.69, 9.17) is 5.11 Å². The van der Waals surface area contributed by atoms with Gasteiger partial charge in [-0.05, 0) is 12.2 Å². The van der Waals surface area contributed by atoms with Crippen LogP contribution in [-0.2, 0) is 4.79 Å². The lowest BCUT2D eigenvalue weighted by Crippen LogP contribution is -2.23. The molecule has 3 heterocycles. The third-order valence-corrected chi connectivity index (χ3v) is 2.74. The van der Waals surface area contributed by atoms with E-state index in [1.54, 1.807) is 12.3 Å². The van der Waals surface area contributed by atoms with Crippen molar-refractivity contribution in [2.24, 2.45) is 0 Å². The minimum atomic E-state index is -0.902.